The van der Waals surface area contributed by atoms with Crippen LogP contribution < -0.4 is 14.8 Å². The minimum atomic E-state index is -3.32. The first-order chi connectivity index (χ1) is 13.5. The van der Waals surface area contributed by atoms with E-state index < -0.39 is 10.2 Å². The van der Waals surface area contributed by atoms with Crippen LogP contribution >= 0.6 is 0 Å². The molecule has 0 atom stereocenters. The molecule has 1 amide bonds. The summed E-state index contributed by atoms with van der Waals surface area (Å²) < 4.78 is 38.9. The highest BCUT2D eigenvalue weighted by atomic mass is 32.2. The molecule has 154 valence electrons. The summed E-state index contributed by atoms with van der Waals surface area (Å²) >= 11 is 0. The van der Waals surface area contributed by atoms with Gasteiger partial charge in [-0.2, -0.15) is 17.0 Å². The molecule has 4 rings (SSSR count). The van der Waals surface area contributed by atoms with Crippen LogP contribution in [0.25, 0.3) is 0 Å². The highest BCUT2D eigenvalue weighted by Crippen LogP contribution is 2.34. The van der Waals surface area contributed by atoms with Crippen LogP contribution in [0.3, 0.4) is 0 Å². The third-order valence-electron chi connectivity index (χ3n) is 5.36. The van der Waals surface area contributed by atoms with Gasteiger partial charge in [0.05, 0.1) is 0 Å². The van der Waals surface area contributed by atoms with Gasteiger partial charge < -0.3 is 19.7 Å². The lowest BCUT2D eigenvalue weighted by Gasteiger charge is -2.35. The molecular weight excluding hydrogens is 384 g/mol. The van der Waals surface area contributed by atoms with Crippen molar-refractivity contribution in [3.05, 3.63) is 18.2 Å². The number of fused-ring (bicyclic) bond motifs is 1. The molecule has 0 spiro atoms. The average molecular weight is 410 g/mol. The maximum absolute atomic E-state index is 12.6. The number of amides is 1. The number of carbonyl (C=O) groups is 1. The minimum Gasteiger partial charge on any atom is -0.454 e. The van der Waals surface area contributed by atoms with E-state index in [2.05, 4.69) is 10.2 Å². The van der Waals surface area contributed by atoms with Crippen molar-refractivity contribution in [2.75, 3.05) is 57.9 Å². The zero-order valence-corrected chi connectivity index (χ0v) is 16.6. The second kappa shape index (κ2) is 8.24. The topological polar surface area (TPSA) is 91.4 Å². The summed E-state index contributed by atoms with van der Waals surface area (Å²) in [6, 6.07) is 5.31. The summed E-state index contributed by atoms with van der Waals surface area (Å²) in [7, 11) is -3.32. The predicted octanol–water partition coefficient (Wildman–Crippen LogP) is 0.702. The Hall–Kier alpha value is -1.88. The van der Waals surface area contributed by atoms with Crippen molar-refractivity contribution in [3.8, 4) is 11.5 Å². The largest absolute Gasteiger partial charge is 0.454 e. The summed E-state index contributed by atoms with van der Waals surface area (Å²) in [6.45, 7) is 4.30. The molecular formula is C18H26N4O5S. The molecule has 3 aliphatic rings. The third kappa shape index (κ3) is 4.24. The van der Waals surface area contributed by atoms with E-state index in [1.807, 2.05) is 0 Å². The van der Waals surface area contributed by atoms with Crippen molar-refractivity contribution >= 4 is 21.8 Å². The fourth-order valence-corrected chi connectivity index (χ4v) is 5.39. The molecule has 28 heavy (non-hydrogen) atoms. The number of ether oxygens (including phenoxy) is 2. The van der Waals surface area contributed by atoms with Crippen LogP contribution in [0.4, 0.5) is 5.69 Å². The lowest BCUT2D eigenvalue weighted by Crippen LogP contribution is -2.52. The van der Waals surface area contributed by atoms with Crippen molar-refractivity contribution < 1.29 is 22.7 Å². The quantitative estimate of drug-likeness (QED) is 0.743. The Balaban J connectivity index is 1.21. The number of benzene rings is 1. The number of hydrogen-bond acceptors (Lipinski definition) is 6. The molecule has 0 unspecified atom stereocenters. The van der Waals surface area contributed by atoms with Gasteiger partial charge in [0.25, 0.3) is 10.2 Å². The summed E-state index contributed by atoms with van der Waals surface area (Å²) in [5.74, 6) is 1.24. The van der Waals surface area contributed by atoms with Gasteiger partial charge in [0.15, 0.2) is 11.5 Å². The lowest BCUT2D eigenvalue weighted by atomic mass is 10.2. The second-order valence-corrected chi connectivity index (χ2v) is 9.15. The fraction of sp³-hybridized carbons (Fsp3) is 0.611. The first-order valence-corrected chi connectivity index (χ1v) is 11.1. The van der Waals surface area contributed by atoms with Crippen LogP contribution in [0.5, 0.6) is 11.5 Å². The predicted molar refractivity (Wildman–Crippen MR) is 104 cm³/mol. The van der Waals surface area contributed by atoms with E-state index in [9.17, 15) is 13.2 Å². The summed E-state index contributed by atoms with van der Waals surface area (Å²) in [4.78, 5) is 14.4. The molecule has 1 N–H and O–H groups in total. The number of nitrogens with zero attached hydrogens (tertiary/aromatic N) is 3. The van der Waals surface area contributed by atoms with Crippen molar-refractivity contribution in [3.63, 3.8) is 0 Å². The Morgan fingerprint density at radius 1 is 0.964 bits per heavy atom. The zero-order chi connectivity index (χ0) is 19.6. The molecule has 9 nitrogen and oxygen atoms in total. The number of nitrogens with one attached hydrogen (secondary N) is 1. The van der Waals surface area contributed by atoms with Crippen molar-refractivity contribution in [1.82, 2.24) is 13.5 Å². The molecule has 1 aromatic rings. The van der Waals surface area contributed by atoms with E-state index in [1.165, 1.54) is 0 Å². The van der Waals surface area contributed by atoms with Gasteiger partial charge in [-0.25, -0.2) is 0 Å². The molecule has 10 heteroatoms. The number of anilines is 1. The van der Waals surface area contributed by atoms with E-state index in [0.29, 0.717) is 69.4 Å². The standard InChI is InChI=1S/C18H26N4O5S/c23-18(19-15-3-4-16-17(13-15)27-14-26-16)5-8-20-9-11-22(12-10-20)28(24,25)21-6-1-2-7-21/h3-4,13H,1-2,5-12,14H2,(H,19,23). The fourth-order valence-electron chi connectivity index (χ4n) is 3.72. The maximum Gasteiger partial charge on any atom is 0.282 e. The minimum absolute atomic E-state index is 0.0778. The van der Waals surface area contributed by atoms with Gasteiger partial charge in [-0.05, 0) is 25.0 Å². The third-order valence-corrected chi connectivity index (χ3v) is 7.40. The van der Waals surface area contributed by atoms with E-state index in [0.717, 1.165) is 12.8 Å². The van der Waals surface area contributed by atoms with E-state index in [-0.39, 0.29) is 12.7 Å². The normalized spacial score (nSPS) is 21.1. The van der Waals surface area contributed by atoms with E-state index >= 15 is 0 Å². The molecule has 0 bridgehead atoms. The van der Waals surface area contributed by atoms with Gasteiger partial charge in [0.1, 0.15) is 0 Å². The smallest absolute Gasteiger partial charge is 0.282 e. The van der Waals surface area contributed by atoms with Crippen molar-refractivity contribution in [2.45, 2.75) is 19.3 Å². The summed E-state index contributed by atoms with van der Waals surface area (Å²) in [5.41, 5.74) is 0.677. The summed E-state index contributed by atoms with van der Waals surface area (Å²) in [5, 5.41) is 2.87. The van der Waals surface area contributed by atoms with Crippen LogP contribution in [-0.4, -0.2) is 80.4 Å². The van der Waals surface area contributed by atoms with Crippen LogP contribution in [-0.2, 0) is 15.0 Å². The number of carbonyl (C=O) groups excluding carboxylic acids is 1. The molecule has 0 aliphatic carbocycles. The molecule has 2 fully saturated rings. The molecule has 1 aromatic carbocycles. The molecule has 3 heterocycles. The molecule has 2 saturated heterocycles. The van der Waals surface area contributed by atoms with Crippen LogP contribution in [0.1, 0.15) is 19.3 Å². The Morgan fingerprint density at radius 3 is 2.39 bits per heavy atom. The van der Waals surface area contributed by atoms with Crippen LogP contribution in [0, 0.1) is 0 Å². The number of piperazine rings is 1. The Bertz CT molecular complexity index is 817. The first kappa shape index (κ1) is 19.4. The van der Waals surface area contributed by atoms with E-state index in [1.54, 1.807) is 26.8 Å². The van der Waals surface area contributed by atoms with Gasteiger partial charge in [0, 0.05) is 64.0 Å². The Kier molecular flexibility index (Phi) is 5.72. The molecule has 0 aromatic heterocycles. The highest BCUT2D eigenvalue weighted by Gasteiger charge is 2.33. The van der Waals surface area contributed by atoms with Gasteiger partial charge in [0.2, 0.25) is 12.7 Å². The molecule has 3 aliphatic heterocycles. The second-order valence-electron chi connectivity index (χ2n) is 7.22. The van der Waals surface area contributed by atoms with Crippen LogP contribution in [0.15, 0.2) is 18.2 Å². The van der Waals surface area contributed by atoms with Crippen molar-refractivity contribution in [1.29, 1.82) is 0 Å². The van der Waals surface area contributed by atoms with Crippen LogP contribution in [0.2, 0.25) is 0 Å². The maximum atomic E-state index is 12.6. The van der Waals surface area contributed by atoms with Gasteiger partial charge in [-0.15, -0.1) is 0 Å². The molecule has 0 radical (unpaired) electrons. The number of rotatable bonds is 6. The number of hydrogen-bond donors (Lipinski definition) is 1. The van der Waals surface area contributed by atoms with Gasteiger partial charge >= 0.3 is 0 Å². The monoisotopic (exact) mass is 410 g/mol. The van der Waals surface area contributed by atoms with Gasteiger partial charge in [-0.3, -0.25) is 4.79 Å². The average Bonchev–Trinajstić information content (AvgIpc) is 3.38. The summed E-state index contributed by atoms with van der Waals surface area (Å²) in [6.07, 6.45) is 2.24. The van der Waals surface area contributed by atoms with Crippen molar-refractivity contribution in [2.24, 2.45) is 0 Å². The zero-order valence-electron chi connectivity index (χ0n) is 15.8. The van der Waals surface area contributed by atoms with Gasteiger partial charge in [-0.1, -0.05) is 0 Å². The Labute approximate surface area is 165 Å². The Morgan fingerprint density at radius 2 is 1.64 bits per heavy atom. The highest BCUT2D eigenvalue weighted by molar-refractivity contribution is 7.86. The lowest BCUT2D eigenvalue weighted by molar-refractivity contribution is -0.116. The SMILES string of the molecule is O=C(CCN1CCN(S(=O)(=O)N2CCCC2)CC1)Nc1ccc2c(c1)OCO2. The van der Waals surface area contributed by atoms with E-state index in [4.69, 9.17) is 9.47 Å². The first-order valence-electron chi connectivity index (χ1n) is 9.69. The molecule has 0 saturated carbocycles.